The molecule has 1 N–H and O–H groups in total. The van der Waals surface area contributed by atoms with Gasteiger partial charge in [-0.3, -0.25) is 14.7 Å². The Hall–Kier alpha value is -3.48. The monoisotopic (exact) mass is 364 g/mol. The number of hydrogen-bond acceptors (Lipinski definition) is 5. The van der Waals surface area contributed by atoms with Gasteiger partial charge in [-0.1, -0.05) is 24.3 Å². The van der Waals surface area contributed by atoms with Gasteiger partial charge >= 0.3 is 5.97 Å². The highest BCUT2D eigenvalue weighted by atomic mass is 16.5. The molecule has 0 fully saturated rings. The Morgan fingerprint density at radius 3 is 2.59 bits per heavy atom. The van der Waals surface area contributed by atoms with Gasteiger partial charge in [0.05, 0.1) is 36.2 Å². The molecule has 0 aliphatic carbocycles. The summed E-state index contributed by atoms with van der Waals surface area (Å²) < 4.78 is 6.15. The van der Waals surface area contributed by atoms with Gasteiger partial charge in [-0.2, -0.15) is 0 Å². The van der Waals surface area contributed by atoms with Crippen LogP contribution in [0.5, 0.6) is 0 Å². The summed E-state index contributed by atoms with van der Waals surface area (Å²) in [7, 11) is 1.31. The first-order valence-electron chi connectivity index (χ1n) is 8.45. The summed E-state index contributed by atoms with van der Waals surface area (Å²) in [5, 5.41) is 3.01. The normalized spacial score (nSPS) is 11.4. The molecule has 7 heteroatoms. The van der Waals surface area contributed by atoms with Crippen molar-refractivity contribution >= 4 is 17.5 Å². The number of methoxy groups -OCH3 is 1. The predicted molar refractivity (Wildman–Crippen MR) is 103 cm³/mol. The molecule has 0 saturated carbocycles. The van der Waals surface area contributed by atoms with Crippen LogP contribution in [0, 0.1) is 6.92 Å². The molecule has 3 aromatic rings. The Balaban J connectivity index is 2.13. The molecule has 0 saturated heterocycles. The lowest BCUT2D eigenvalue weighted by Gasteiger charge is -2.02. The number of nitrogens with one attached hydrogen (secondary N) is 1. The van der Waals surface area contributed by atoms with Crippen LogP contribution in [-0.4, -0.2) is 33.6 Å². The average Bonchev–Trinajstić information content (AvgIpc) is 2.98. The number of aromatic nitrogens is 3. The first-order valence-corrected chi connectivity index (χ1v) is 8.45. The number of carbonyl (C=O) groups is 1. The molecule has 27 heavy (non-hydrogen) atoms. The Kier molecular flexibility index (Phi) is 5.30. The van der Waals surface area contributed by atoms with Gasteiger partial charge in [0.1, 0.15) is 0 Å². The molecule has 0 unspecified atom stereocenters. The zero-order chi connectivity index (χ0) is 19.4. The van der Waals surface area contributed by atoms with E-state index < -0.39 is 5.97 Å². The number of hydrogen-bond donors (Lipinski definition) is 1. The minimum Gasteiger partial charge on any atom is -0.469 e. The zero-order valence-electron chi connectivity index (χ0n) is 15.4. The maximum absolute atomic E-state index is 13.0. The molecule has 0 radical (unpaired) electrons. The molecule has 0 atom stereocenters. The first kappa shape index (κ1) is 18.3. The van der Waals surface area contributed by atoms with E-state index in [2.05, 4.69) is 15.1 Å². The number of rotatable bonds is 5. The van der Waals surface area contributed by atoms with E-state index in [1.54, 1.807) is 25.1 Å². The smallest absolute Gasteiger partial charge is 0.311 e. The van der Waals surface area contributed by atoms with Gasteiger partial charge in [0.2, 0.25) is 0 Å². The maximum atomic E-state index is 13.0. The van der Waals surface area contributed by atoms with E-state index >= 15 is 0 Å². The van der Waals surface area contributed by atoms with Crippen molar-refractivity contribution in [3.63, 3.8) is 0 Å². The van der Waals surface area contributed by atoms with Crippen molar-refractivity contribution < 1.29 is 9.53 Å². The van der Waals surface area contributed by atoms with Crippen LogP contribution in [0.3, 0.4) is 0 Å². The minimum absolute atomic E-state index is 0.0605. The van der Waals surface area contributed by atoms with Gasteiger partial charge < -0.3 is 4.74 Å². The number of pyridine rings is 1. The number of aryl methyl sites for hydroxylation is 1. The van der Waals surface area contributed by atoms with Crippen molar-refractivity contribution in [3.05, 3.63) is 75.8 Å². The molecule has 0 bridgehead atoms. The molecule has 138 valence electrons. The summed E-state index contributed by atoms with van der Waals surface area (Å²) in [4.78, 5) is 33.7. The van der Waals surface area contributed by atoms with Gasteiger partial charge in [0.15, 0.2) is 5.82 Å². The van der Waals surface area contributed by atoms with Crippen molar-refractivity contribution in [2.45, 2.75) is 20.3 Å². The number of aromatic amines is 1. The van der Waals surface area contributed by atoms with Crippen molar-refractivity contribution in [2.75, 3.05) is 7.11 Å². The first-order chi connectivity index (χ1) is 13.0. The Morgan fingerprint density at radius 2 is 1.93 bits per heavy atom. The Morgan fingerprint density at radius 1 is 1.19 bits per heavy atom. The second-order valence-corrected chi connectivity index (χ2v) is 6.03. The third kappa shape index (κ3) is 4.03. The fourth-order valence-electron chi connectivity index (χ4n) is 2.78. The van der Waals surface area contributed by atoms with Crippen LogP contribution in [0.15, 0.2) is 58.3 Å². The molecule has 7 nitrogen and oxygen atoms in total. The molecule has 3 rings (SSSR count). The highest BCUT2D eigenvalue weighted by molar-refractivity contribution is 6.01. The van der Waals surface area contributed by atoms with E-state index in [4.69, 9.17) is 4.74 Å². The summed E-state index contributed by atoms with van der Waals surface area (Å²) in [6.07, 6.45) is -0.0605. The molecular weight excluding hydrogens is 344 g/mol. The number of carbonyl (C=O) groups excluding carboxylic acids is 1. The highest BCUT2D eigenvalue weighted by Gasteiger charge is 2.20. The number of H-pyrrole nitrogens is 1. The topological polar surface area (TPSA) is 89.3 Å². The maximum Gasteiger partial charge on any atom is 0.311 e. The molecule has 0 amide bonds. The van der Waals surface area contributed by atoms with Crippen molar-refractivity contribution in [1.82, 2.24) is 14.8 Å². The predicted octanol–water partition coefficient (Wildman–Crippen LogP) is 2.73. The van der Waals surface area contributed by atoms with E-state index in [-0.39, 0.29) is 12.0 Å². The number of para-hydroxylation sites is 1. The van der Waals surface area contributed by atoms with Crippen LogP contribution in [0.2, 0.25) is 0 Å². The second kappa shape index (κ2) is 7.82. The summed E-state index contributed by atoms with van der Waals surface area (Å²) in [5.41, 5.74) is 2.48. The van der Waals surface area contributed by atoms with Crippen molar-refractivity contribution in [1.29, 1.82) is 0 Å². The second-order valence-electron chi connectivity index (χ2n) is 6.03. The molecule has 0 spiro atoms. The molecule has 0 aliphatic rings. The molecule has 0 aliphatic heterocycles. The van der Waals surface area contributed by atoms with Gasteiger partial charge in [0, 0.05) is 5.69 Å². The number of esters is 1. The Labute approximate surface area is 156 Å². The lowest BCUT2D eigenvalue weighted by molar-refractivity contribution is -0.139. The van der Waals surface area contributed by atoms with E-state index in [1.165, 1.54) is 11.8 Å². The number of nitrogens with zero attached hydrogens (tertiary/aromatic N) is 3. The standard InChI is InChI=1S/C20H20N4O3/c1-13-8-7-11-17(21-13)22-14(2)19-16(12-18(25)27-3)23-24(20(19)26)15-9-5-4-6-10-15/h4-11,23H,12H2,1-3H3/b22-14-. The average molecular weight is 364 g/mol. The lowest BCUT2D eigenvalue weighted by Crippen LogP contribution is -2.20. The lowest BCUT2D eigenvalue weighted by atomic mass is 10.1. The SMILES string of the molecule is COC(=O)Cc1[nH]n(-c2ccccc2)c(=O)c1/C(C)=N\c1cccc(C)n1. The van der Waals surface area contributed by atoms with Crippen LogP contribution < -0.4 is 5.56 Å². The zero-order valence-corrected chi connectivity index (χ0v) is 15.4. The third-order valence-electron chi connectivity index (χ3n) is 4.05. The molecular formula is C20H20N4O3. The van der Waals surface area contributed by atoms with E-state index in [0.717, 1.165) is 5.69 Å². The summed E-state index contributed by atoms with van der Waals surface area (Å²) >= 11 is 0. The van der Waals surface area contributed by atoms with Crippen molar-refractivity contribution in [3.8, 4) is 5.69 Å². The third-order valence-corrected chi connectivity index (χ3v) is 4.05. The number of ether oxygens (including phenoxy) is 1. The van der Waals surface area contributed by atoms with E-state index in [9.17, 15) is 9.59 Å². The van der Waals surface area contributed by atoms with E-state index in [1.807, 2.05) is 37.3 Å². The van der Waals surface area contributed by atoms with Gasteiger partial charge in [-0.25, -0.2) is 14.7 Å². The van der Waals surface area contributed by atoms with Crippen LogP contribution in [0.4, 0.5) is 5.82 Å². The summed E-state index contributed by atoms with van der Waals surface area (Å²) in [5.74, 6) is 0.0579. The fourth-order valence-corrected chi connectivity index (χ4v) is 2.78. The number of benzene rings is 1. The van der Waals surface area contributed by atoms with Gasteiger partial charge in [-0.05, 0) is 38.1 Å². The van der Waals surface area contributed by atoms with Gasteiger partial charge in [0.25, 0.3) is 5.56 Å². The quantitative estimate of drug-likeness (QED) is 0.557. The van der Waals surface area contributed by atoms with E-state index in [0.29, 0.717) is 28.5 Å². The van der Waals surface area contributed by atoms with Crippen LogP contribution in [-0.2, 0) is 16.0 Å². The van der Waals surface area contributed by atoms with Crippen LogP contribution in [0.1, 0.15) is 23.9 Å². The fraction of sp³-hybridized carbons (Fsp3) is 0.200. The van der Waals surface area contributed by atoms with Crippen LogP contribution >= 0.6 is 0 Å². The highest BCUT2D eigenvalue weighted by Crippen LogP contribution is 2.14. The van der Waals surface area contributed by atoms with Crippen molar-refractivity contribution in [2.24, 2.45) is 4.99 Å². The molecule has 2 heterocycles. The molecule has 2 aromatic heterocycles. The van der Waals surface area contributed by atoms with Crippen LogP contribution in [0.25, 0.3) is 5.69 Å². The largest absolute Gasteiger partial charge is 0.469 e. The molecule has 1 aromatic carbocycles. The minimum atomic E-state index is -0.445. The summed E-state index contributed by atoms with van der Waals surface area (Å²) in [6.45, 7) is 3.60. The number of aliphatic imine (C=N–C) groups is 1. The van der Waals surface area contributed by atoms with Gasteiger partial charge in [-0.15, -0.1) is 0 Å². The Bertz CT molecular complexity index is 1050. The summed E-state index contributed by atoms with van der Waals surface area (Å²) in [6, 6.07) is 14.6.